The second kappa shape index (κ2) is 31.6. The molecule has 0 aliphatic carbocycles. The normalized spacial score (nSPS) is 10.5. The fourth-order valence-corrected chi connectivity index (χ4v) is 10.7. The number of nitrogens with zero attached hydrogens (tertiary/aromatic N) is 12. The van der Waals surface area contributed by atoms with Crippen LogP contribution in [0.15, 0.2) is 231 Å². The first-order valence-electron chi connectivity index (χ1n) is 28.5. The van der Waals surface area contributed by atoms with Gasteiger partial charge in [0.25, 0.3) is 0 Å². The minimum Gasteiger partial charge on any atom is -0.320 e. The summed E-state index contributed by atoms with van der Waals surface area (Å²) in [5.41, 5.74) is 9.78. The van der Waals surface area contributed by atoms with Crippen molar-refractivity contribution in [2.45, 2.75) is 41.5 Å². The molecule has 0 fully saturated rings. The monoisotopic (exact) mass is 1930 g/mol. The van der Waals surface area contributed by atoms with Crippen LogP contribution in [0.3, 0.4) is 0 Å². The first-order chi connectivity index (χ1) is 43.0. The Morgan fingerprint density at radius 3 is 1.28 bits per heavy atom. The summed E-state index contributed by atoms with van der Waals surface area (Å²) in [7, 11) is 0. The first kappa shape index (κ1) is 69.2. The van der Waals surface area contributed by atoms with Crippen LogP contribution in [0.5, 0.6) is 0 Å². The quantitative estimate of drug-likeness (QED) is 0.138. The van der Waals surface area contributed by atoms with E-state index in [2.05, 4.69) is 191 Å². The van der Waals surface area contributed by atoms with E-state index in [1.165, 1.54) is 51.2 Å². The van der Waals surface area contributed by atoms with Gasteiger partial charge in [0.15, 0.2) is 0 Å². The molecule has 0 N–H and O–H groups in total. The van der Waals surface area contributed by atoms with Crippen LogP contribution in [0.2, 0.25) is 0 Å². The van der Waals surface area contributed by atoms with Crippen molar-refractivity contribution in [1.29, 1.82) is 0 Å². The molecule has 12 nitrogen and oxygen atoms in total. The van der Waals surface area contributed by atoms with Crippen LogP contribution in [0.1, 0.15) is 34.4 Å². The molecule has 15 aromatic rings. The van der Waals surface area contributed by atoms with Crippen molar-refractivity contribution in [3.63, 3.8) is 0 Å². The van der Waals surface area contributed by atoms with E-state index >= 15 is 0 Å². The topological polar surface area (TPSA) is 123 Å². The number of hydrogen-bond donors (Lipinski definition) is 0. The Labute approximate surface area is 588 Å². The van der Waals surface area contributed by atoms with E-state index in [-0.39, 0.29) is 94.0 Å². The van der Waals surface area contributed by atoms with E-state index in [4.69, 9.17) is 0 Å². The summed E-state index contributed by atoms with van der Waals surface area (Å²) >= 11 is 0. The number of fused-ring (bicyclic) bond motifs is 3. The Morgan fingerprint density at radius 2 is 0.739 bits per heavy atom. The second-order valence-corrected chi connectivity index (χ2v) is 20.8. The average Bonchev–Trinajstić information content (AvgIpc) is 1.57. The van der Waals surface area contributed by atoms with Gasteiger partial charge >= 0.3 is 0 Å². The van der Waals surface area contributed by atoms with Crippen molar-refractivity contribution in [2.24, 2.45) is 0 Å². The molecule has 0 bridgehead atoms. The van der Waals surface area contributed by atoms with Gasteiger partial charge in [-0.1, -0.05) is 150 Å². The maximum atomic E-state index is 13.1. The Morgan fingerprint density at radius 1 is 0.315 bits per heavy atom. The molecule has 92 heavy (non-hydrogen) atoms. The van der Waals surface area contributed by atoms with Crippen LogP contribution in [-0.2, 0) is 82.3 Å². The molecule has 0 spiro atoms. The van der Waals surface area contributed by atoms with Crippen molar-refractivity contribution in [3.05, 3.63) is 301 Å². The van der Waals surface area contributed by atoms with Crippen molar-refractivity contribution in [1.82, 2.24) is 59.1 Å². The Kier molecular flexibility index (Phi) is 23.7. The summed E-state index contributed by atoms with van der Waals surface area (Å²) in [6, 6.07) is 86.8. The molecule has 4 aromatic heterocycles. The van der Waals surface area contributed by atoms with Gasteiger partial charge in [-0.25, -0.2) is 0 Å². The molecule has 0 aliphatic rings. The maximum Gasteiger partial charge on any atom is 0.125 e. The summed E-state index contributed by atoms with van der Waals surface area (Å²) in [4.78, 5) is 0. The van der Waals surface area contributed by atoms with Gasteiger partial charge in [0.05, 0.1) is 23.3 Å². The van der Waals surface area contributed by atoms with E-state index < -0.39 is 0 Å². The van der Waals surface area contributed by atoms with Gasteiger partial charge in [0, 0.05) is 117 Å². The van der Waals surface area contributed by atoms with Gasteiger partial charge in [-0.2, -0.15) is 20.4 Å². The van der Waals surface area contributed by atoms with Crippen LogP contribution in [0, 0.1) is 77.4 Å². The molecule has 2 radical (unpaired) electrons. The molecule has 4 heterocycles. The standard InChI is InChI=1S/C23H16N3.C19H14N3.C17H15FN3.C15H11FN3.2Ir.2Pt/c1-16-24-25-23(21-11-10-17-6-2-4-8-19(17)14-21)26(16)22-13-12-18-7-3-5-9-20(18)15-22;1-14-20-21-19(22(14)16-10-3-2-4-11-16)18-13-7-9-15-8-5-6-12-17(15)18;1-11-5-4-6-12(2)16(11)21-13(3)19-20-17(21)14-7-9-15(18)10-8-14;1-11-17-18-15(12-7-9-13(16)10-8-12)19(11)14-5-3-2-4-6-14;;;;/h2-10,12-15H,1H3;2-12H,1H3;4-7,9-10H,1-3H3;2-7,9-10H,1H3;;;;/q4*-1;;;;. The molecule has 0 amide bonds. The average molecular weight is 1930 g/mol. The minimum atomic E-state index is -0.314. The Hall–Kier alpha value is -8.70. The van der Waals surface area contributed by atoms with Gasteiger partial charge in [0.1, 0.15) is 23.3 Å². The number of para-hydroxylation sites is 3. The number of rotatable bonds is 8. The number of hydrogen-bond acceptors (Lipinski definition) is 8. The van der Waals surface area contributed by atoms with E-state index in [0.29, 0.717) is 17.2 Å². The summed E-state index contributed by atoms with van der Waals surface area (Å²) in [5, 5.41) is 41.1. The zero-order valence-electron chi connectivity index (χ0n) is 50.4. The molecule has 0 saturated carbocycles. The van der Waals surface area contributed by atoms with Crippen molar-refractivity contribution in [3.8, 4) is 68.3 Å². The van der Waals surface area contributed by atoms with Crippen LogP contribution in [0.4, 0.5) is 8.78 Å². The van der Waals surface area contributed by atoms with Gasteiger partial charge in [-0.15, -0.1) is 133 Å². The van der Waals surface area contributed by atoms with Gasteiger partial charge in [-0.3, -0.25) is 8.78 Å². The van der Waals surface area contributed by atoms with Gasteiger partial charge in [-0.05, 0) is 99.8 Å². The zero-order valence-corrected chi connectivity index (χ0v) is 59.7. The Balaban J connectivity index is 0.000000157. The van der Waals surface area contributed by atoms with Crippen LogP contribution >= 0.6 is 0 Å². The maximum absolute atomic E-state index is 13.1. The van der Waals surface area contributed by atoms with E-state index in [9.17, 15) is 8.78 Å². The smallest absolute Gasteiger partial charge is 0.125 e. The molecule has 11 aromatic carbocycles. The number of halogens is 2. The summed E-state index contributed by atoms with van der Waals surface area (Å²) < 4.78 is 34.1. The van der Waals surface area contributed by atoms with Crippen molar-refractivity contribution in [2.75, 3.05) is 0 Å². The third kappa shape index (κ3) is 15.1. The molecular weight excluding hydrogens is 1870 g/mol. The fourth-order valence-electron chi connectivity index (χ4n) is 10.7. The van der Waals surface area contributed by atoms with Gasteiger partial charge in [0.2, 0.25) is 0 Å². The SMILES string of the molecule is Cc1cccc(C)c1-n1c(C)nnc1-c1[c-]cc(F)cc1.Cc1nnc(-c2[c-]cc(F)cc2)n1-c1ccccc1.Cc1nnc(-c2[c-]cc3ccccc3c2)n1-c1ccc2ccccc2c1.Cc1nnc(-c2[c-]ccc3ccccc23)n1-c1ccccc1.[Ir].[Ir].[Pt].[Pt]. The predicted octanol–water partition coefficient (Wildman–Crippen LogP) is 16.5. The molecule has 0 unspecified atom stereocenters. The molecular formula is C74H56F2Ir2N12Pt2-4. The molecule has 0 atom stereocenters. The van der Waals surface area contributed by atoms with Crippen molar-refractivity contribution < 1.29 is 91.1 Å². The Bertz CT molecular complexity index is 4900. The third-order valence-electron chi connectivity index (χ3n) is 14.9. The molecule has 0 aliphatic heterocycles. The summed E-state index contributed by atoms with van der Waals surface area (Å²) in [5.74, 6) is 5.62. The van der Waals surface area contributed by atoms with E-state index in [1.807, 2.05) is 128 Å². The molecule has 468 valence electrons. The van der Waals surface area contributed by atoms with Crippen LogP contribution in [0.25, 0.3) is 101 Å². The number of benzene rings is 11. The van der Waals surface area contributed by atoms with Crippen LogP contribution in [-0.4, -0.2) is 59.1 Å². The second-order valence-electron chi connectivity index (χ2n) is 20.8. The minimum absolute atomic E-state index is 0. The number of aromatic nitrogens is 12. The van der Waals surface area contributed by atoms with E-state index in [0.717, 1.165) is 90.9 Å². The molecule has 15 rings (SSSR count). The van der Waals surface area contributed by atoms with Gasteiger partial charge < -0.3 is 18.3 Å². The van der Waals surface area contributed by atoms with E-state index in [1.54, 1.807) is 12.1 Å². The fraction of sp³-hybridized carbons (Fsp3) is 0.0811. The molecule has 0 saturated heterocycles. The zero-order chi connectivity index (χ0) is 60.7. The van der Waals surface area contributed by atoms with Crippen LogP contribution < -0.4 is 0 Å². The predicted molar refractivity (Wildman–Crippen MR) is 343 cm³/mol. The third-order valence-corrected chi connectivity index (χ3v) is 14.9. The summed E-state index contributed by atoms with van der Waals surface area (Å²) in [6.45, 7) is 11.8. The molecule has 18 heteroatoms. The largest absolute Gasteiger partial charge is 0.320 e. The first-order valence-corrected chi connectivity index (χ1v) is 28.5. The van der Waals surface area contributed by atoms with Crippen molar-refractivity contribution >= 4 is 32.3 Å². The number of aryl methyl sites for hydroxylation is 6. The summed E-state index contributed by atoms with van der Waals surface area (Å²) in [6.07, 6.45) is 0.